The third kappa shape index (κ3) is 4.93. The number of nitrogens with two attached hydrogens (primary N) is 1. The largest absolute Gasteiger partial charge is 0.509 e. The van der Waals surface area contributed by atoms with E-state index in [0.29, 0.717) is 18.4 Å². The molecule has 17 heteroatoms. The topological polar surface area (TPSA) is 134 Å². The third-order valence-electron chi connectivity index (χ3n) is 3.67. The number of halogens is 5. The van der Waals surface area contributed by atoms with E-state index in [2.05, 4.69) is 3.79 Å². The lowest BCUT2D eigenvalue weighted by atomic mass is 10.2. The Morgan fingerprint density at radius 2 is 1.87 bits per heavy atom. The van der Waals surface area contributed by atoms with Gasteiger partial charge >= 0.3 is 28.5 Å². The maximum absolute atomic E-state index is 14.5. The summed E-state index contributed by atoms with van der Waals surface area (Å²) in [7, 11) is -4.38. The van der Waals surface area contributed by atoms with Crippen LogP contribution in [0.3, 0.4) is 0 Å². The van der Waals surface area contributed by atoms with Crippen LogP contribution < -0.4 is 21.4 Å². The number of carbonyl (C=O) groups is 1. The minimum Gasteiger partial charge on any atom is -0.509 e. The van der Waals surface area contributed by atoms with Gasteiger partial charge in [-0.3, -0.25) is 9.59 Å². The van der Waals surface area contributed by atoms with E-state index in [4.69, 9.17) is 17.4 Å². The zero-order chi connectivity index (χ0) is 23.9. The molecule has 2 rings (SSSR count). The van der Waals surface area contributed by atoms with E-state index in [-0.39, 0.29) is 14.9 Å². The maximum Gasteiger partial charge on any atom is 0.433 e. The van der Waals surface area contributed by atoms with Crippen LogP contribution in [0.1, 0.15) is 5.69 Å². The average molecular weight is 501 g/mol. The van der Waals surface area contributed by atoms with Crippen LogP contribution in [0.2, 0.25) is 5.02 Å². The number of hydrogen-bond donors (Lipinski definition) is 1. The second-order valence-electron chi connectivity index (χ2n) is 5.84. The van der Waals surface area contributed by atoms with Gasteiger partial charge in [-0.15, -0.1) is 0 Å². The molecule has 0 aliphatic heterocycles. The molecule has 0 bridgehead atoms. The van der Waals surface area contributed by atoms with Crippen LogP contribution in [0.25, 0.3) is 5.69 Å². The molecule has 0 saturated heterocycles. The van der Waals surface area contributed by atoms with Crippen molar-refractivity contribution in [1.29, 1.82) is 0 Å². The van der Waals surface area contributed by atoms with Crippen molar-refractivity contribution in [1.82, 2.24) is 9.24 Å². The van der Waals surface area contributed by atoms with Gasteiger partial charge in [-0.1, -0.05) is 11.6 Å². The lowest BCUT2D eigenvalue weighted by molar-refractivity contribution is -0.143. The fourth-order valence-electron chi connectivity index (χ4n) is 2.48. The Hall–Kier alpha value is -2.38. The van der Waals surface area contributed by atoms with Crippen molar-refractivity contribution in [2.24, 2.45) is 0 Å². The van der Waals surface area contributed by atoms with Crippen molar-refractivity contribution in [3.8, 4) is 5.69 Å². The van der Waals surface area contributed by atoms with Crippen LogP contribution in [-0.2, 0) is 24.8 Å². The highest BCUT2D eigenvalue weighted by Gasteiger charge is 2.36. The van der Waals surface area contributed by atoms with Crippen molar-refractivity contribution >= 4 is 49.8 Å². The van der Waals surface area contributed by atoms with Gasteiger partial charge in [0.25, 0.3) is 11.5 Å². The molecule has 10 nitrogen and oxygen atoms in total. The molecule has 1 aromatic carbocycles. The number of nitrogens with zero attached hydrogens (tertiary/aromatic N) is 3. The fourth-order valence-corrected chi connectivity index (χ4v) is 3.84. The lowest BCUT2D eigenvalue weighted by Crippen LogP contribution is -2.45. The summed E-state index contributed by atoms with van der Waals surface area (Å²) in [4.78, 5) is 36.7. The smallest absolute Gasteiger partial charge is 0.433 e. The van der Waals surface area contributed by atoms with E-state index in [9.17, 15) is 40.4 Å². The molecule has 1 heterocycles. The van der Waals surface area contributed by atoms with Gasteiger partial charge in [0.2, 0.25) is 10.0 Å². The lowest BCUT2D eigenvalue weighted by Gasteiger charge is -2.22. The van der Waals surface area contributed by atoms with Gasteiger partial charge in [0.15, 0.2) is 5.69 Å². The molecule has 1 amide bonds. The summed E-state index contributed by atoms with van der Waals surface area (Å²) in [6, 6.07) is 0.926. The highest BCUT2D eigenvalue weighted by atomic mass is 35.5. The van der Waals surface area contributed by atoms with Crippen molar-refractivity contribution < 1.29 is 34.6 Å². The molecular weight excluding hydrogens is 491 g/mol. The normalized spacial score (nSPS) is 12.1. The van der Waals surface area contributed by atoms with Crippen LogP contribution >= 0.6 is 11.6 Å². The number of rotatable bonds is 5. The molecule has 0 aliphatic rings. The number of benzene rings is 1. The van der Waals surface area contributed by atoms with Gasteiger partial charge in [0.1, 0.15) is 5.82 Å². The molecule has 0 aliphatic carbocycles. The Bertz CT molecular complexity index is 1280. The Morgan fingerprint density at radius 3 is 2.35 bits per heavy atom. The van der Waals surface area contributed by atoms with Crippen molar-refractivity contribution in [3.63, 3.8) is 0 Å². The molecule has 31 heavy (non-hydrogen) atoms. The quantitative estimate of drug-likeness (QED) is 0.345. The second kappa shape index (κ2) is 8.63. The first-order valence-corrected chi connectivity index (χ1v) is 10.4. The van der Waals surface area contributed by atoms with E-state index in [1.165, 1.54) is 0 Å². The molecule has 0 atom stereocenters. The molecule has 166 valence electrons. The van der Waals surface area contributed by atoms with Gasteiger partial charge < -0.3 is 9.63 Å². The standard InChI is InChI=1S/C14H10ClF4N4O6S.Al/c1-30(28,29)23(12(26)5-24)8-3-9(7(16)2-6(8)15)21-11(25)4-10(14(17,18)19)22(20)13(21)27;/h2-4H,5,20H2,1H3;/q-1;+1. The van der Waals surface area contributed by atoms with Gasteiger partial charge in [0.05, 0.1) is 29.3 Å². The number of alkyl halides is 3. The summed E-state index contributed by atoms with van der Waals surface area (Å²) in [5, 5.41) is -0.628. The summed E-state index contributed by atoms with van der Waals surface area (Å²) >= 11 is 7.54. The summed E-state index contributed by atoms with van der Waals surface area (Å²) in [5.41, 5.74) is -6.92. The third-order valence-corrected chi connectivity index (χ3v) is 5.20. The van der Waals surface area contributed by atoms with Crippen molar-refractivity contribution in [2.75, 3.05) is 23.0 Å². The number of amides is 1. The predicted molar refractivity (Wildman–Crippen MR) is 100 cm³/mol. The minimum atomic E-state index is -5.17. The molecule has 0 spiro atoms. The molecule has 0 unspecified atom stereocenters. The summed E-state index contributed by atoms with van der Waals surface area (Å²) in [6.07, 6.45) is -4.57. The SMILES string of the molecule is CS(=O)(=O)N(C(=O)C[O][Al])c1cc(-n2c(=O)cc(C(F)(F)F)n(N)c2=O)c(F)cc1Cl. The summed E-state index contributed by atoms with van der Waals surface area (Å²) in [5.74, 6) is 2.53. The van der Waals surface area contributed by atoms with Gasteiger partial charge in [-0.2, -0.15) is 13.2 Å². The number of nitrogen functional groups attached to an aromatic ring is 1. The van der Waals surface area contributed by atoms with E-state index in [0.717, 1.165) is 0 Å². The fraction of sp³-hybridized carbons (Fsp3) is 0.214. The second-order valence-corrected chi connectivity index (χ2v) is 8.41. The molecule has 1 aromatic heterocycles. The van der Waals surface area contributed by atoms with Gasteiger partial charge in [-0.05, 0) is 12.1 Å². The number of carbonyl (C=O) groups excluding carboxylic acids is 1. The Morgan fingerprint density at radius 1 is 1.29 bits per heavy atom. The Labute approximate surface area is 184 Å². The van der Waals surface area contributed by atoms with Gasteiger partial charge in [0, 0.05) is 6.07 Å². The van der Waals surface area contributed by atoms with Crippen LogP contribution in [0, 0.1) is 5.82 Å². The van der Waals surface area contributed by atoms with Crippen molar-refractivity contribution in [2.45, 2.75) is 6.18 Å². The van der Waals surface area contributed by atoms with Crippen LogP contribution in [0.15, 0.2) is 27.8 Å². The summed E-state index contributed by atoms with van der Waals surface area (Å²) < 4.78 is 81.6. The molecule has 2 N–H and O–H groups in total. The zero-order valence-corrected chi connectivity index (χ0v) is 17.9. The average Bonchev–Trinajstić information content (AvgIpc) is 2.59. The molecule has 2 radical (unpaired) electrons. The Balaban J connectivity index is 2.89. The Kier molecular flexibility index (Phi) is 6.93. The highest BCUT2D eigenvalue weighted by Crippen LogP contribution is 2.32. The number of hydrogen-bond acceptors (Lipinski definition) is 7. The van der Waals surface area contributed by atoms with Crippen molar-refractivity contribution in [3.05, 3.63) is 55.6 Å². The summed E-state index contributed by atoms with van der Waals surface area (Å²) in [6.45, 7) is -0.781. The minimum absolute atomic E-state index is 0.0588. The number of aromatic nitrogens is 2. The number of sulfonamides is 1. The molecule has 2 aromatic rings. The van der Waals surface area contributed by atoms with Crippen LogP contribution in [0.4, 0.5) is 23.2 Å². The molecule has 0 saturated carbocycles. The van der Waals surface area contributed by atoms with E-state index in [1.807, 2.05) is 0 Å². The van der Waals surface area contributed by atoms with Crippen LogP contribution in [-0.4, -0.2) is 53.1 Å². The number of anilines is 1. The van der Waals surface area contributed by atoms with Gasteiger partial charge in [-0.25, -0.2) is 31.2 Å². The first kappa shape index (κ1) is 24.9. The zero-order valence-electron chi connectivity index (χ0n) is 15.2. The van der Waals surface area contributed by atoms with Crippen LogP contribution in [0.5, 0.6) is 0 Å². The van der Waals surface area contributed by atoms with E-state index < -0.39 is 72.5 Å². The first-order valence-electron chi connectivity index (χ1n) is 7.66. The first-order chi connectivity index (χ1) is 14.1. The maximum atomic E-state index is 14.5. The molecule has 0 fully saturated rings. The molecular formula is C14H10AlClF4N4O6S. The van der Waals surface area contributed by atoms with E-state index >= 15 is 0 Å². The highest BCUT2D eigenvalue weighted by molar-refractivity contribution is 7.92. The van der Waals surface area contributed by atoms with E-state index in [1.54, 1.807) is 16.6 Å². The predicted octanol–water partition coefficient (Wildman–Crippen LogP) is -0.0830. The monoisotopic (exact) mass is 500 g/mol.